The van der Waals surface area contributed by atoms with Gasteiger partial charge < -0.3 is 10.5 Å². The molecule has 2 aromatic rings. The highest BCUT2D eigenvalue weighted by Crippen LogP contribution is 2.17. The van der Waals surface area contributed by atoms with Gasteiger partial charge in [-0.05, 0) is 49.1 Å². The molecule has 2 rings (SSSR count). The van der Waals surface area contributed by atoms with Gasteiger partial charge in [0.15, 0.2) is 0 Å². The van der Waals surface area contributed by atoms with Crippen LogP contribution in [0.15, 0.2) is 42.5 Å². The maximum Gasteiger partial charge on any atom is 0.129 e. The van der Waals surface area contributed by atoms with Crippen molar-refractivity contribution in [3.63, 3.8) is 0 Å². The van der Waals surface area contributed by atoms with Crippen molar-refractivity contribution in [2.24, 2.45) is 5.73 Å². The standard InChI is InChI=1S/C17H19F2NO/c1-21-14-9-6-12(7-10-14)5-8-13(20)11-15-16(18)3-2-4-17(15)19/h2-4,6-7,9-10,13H,5,8,11,20H2,1H3. The number of hydrogen-bond acceptors (Lipinski definition) is 2. The number of hydrogen-bond donors (Lipinski definition) is 1. The number of nitrogens with two attached hydrogens (primary N) is 1. The maximum absolute atomic E-state index is 13.5. The van der Waals surface area contributed by atoms with Gasteiger partial charge in [-0.1, -0.05) is 18.2 Å². The summed E-state index contributed by atoms with van der Waals surface area (Å²) in [5, 5.41) is 0. The van der Waals surface area contributed by atoms with Gasteiger partial charge in [0.1, 0.15) is 17.4 Å². The molecule has 0 spiro atoms. The van der Waals surface area contributed by atoms with Gasteiger partial charge in [-0.3, -0.25) is 0 Å². The second-order valence-corrected chi connectivity index (χ2v) is 5.05. The minimum Gasteiger partial charge on any atom is -0.497 e. The highest BCUT2D eigenvalue weighted by Gasteiger charge is 2.12. The molecule has 0 aliphatic rings. The fourth-order valence-corrected chi connectivity index (χ4v) is 2.24. The zero-order chi connectivity index (χ0) is 15.2. The van der Waals surface area contributed by atoms with E-state index in [9.17, 15) is 8.78 Å². The van der Waals surface area contributed by atoms with Crippen LogP contribution >= 0.6 is 0 Å². The first-order valence-electron chi connectivity index (χ1n) is 6.91. The minimum atomic E-state index is -0.533. The zero-order valence-electron chi connectivity index (χ0n) is 12.0. The zero-order valence-corrected chi connectivity index (χ0v) is 12.0. The van der Waals surface area contributed by atoms with Crippen LogP contribution in [0.1, 0.15) is 17.5 Å². The number of methoxy groups -OCH3 is 1. The SMILES string of the molecule is COc1ccc(CCC(N)Cc2c(F)cccc2F)cc1. The molecule has 0 saturated carbocycles. The van der Waals surface area contributed by atoms with Crippen molar-refractivity contribution < 1.29 is 13.5 Å². The van der Waals surface area contributed by atoms with E-state index < -0.39 is 11.6 Å². The van der Waals surface area contributed by atoms with Gasteiger partial charge in [0, 0.05) is 11.6 Å². The van der Waals surface area contributed by atoms with Crippen LogP contribution in [-0.2, 0) is 12.8 Å². The van der Waals surface area contributed by atoms with E-state index in [-0.39, 0.29) is 18.0 Å². The Hall–Kier alpha value is -1.94. The molecule has 0 radical (unpaired) electrons. The Labute approximate surface area is 123 Å². The van der Waals surface area contributed by atoms with E-state index in [4.69, 9.17) is 10.5 Å². The second kappa shape index (κ2) is 7.18. The summed E-state index contributed by atoms with van der Waals surface area (Å²) in [6, 6.07) is 11.3. The van der Waals surface area contributed by atoms with E-state index in [1.165, 1.54) is 18.2 Å². The quantitative estimate of drug-likeness (QED) is 0.884. The molecule has 2 aromatic carbocycles. The molecule has 0 bridgehead atoms. The lowest BCUT2D eigenvalue weighted by Crippen LogP contribution is -2.24. The van der Waals surface area contributed by atoms with Gasteiger partial charge in [-0.2, -0.15) is 0 Å². The number of aryl methyl sites for hydroxylation is 1. The summed E-state index contributed by atoms with van der Waals surface area (Å²) in [6.07, 6.45) is 1.63. The van der Waals surface area contributed by atoms with E-state index >= 15 is 0 Å². The number of ether oxygens (including phenoxy) is 1. The number of benzene rings is 2. The van der Waals surface area contributed by atoms with Crippen molar-refractivity contribution in [3.8, 4) is 5.75 Å². The van der Waals surface area contributed by atoms with Crippen LogP contribution in [0.2, 0.25) is 0 Å². The normalized spacial score (nSPS) is 12.2. The summed E-state index contributed by atoms with van der Waals surface area (Å²) in [4.78, 5) is 0. The maximum atomic E-state index is 13.5. The molecule has 112 valence electrons. The summed E-state index contributed by atoms with van der Waals surface area (Å²) in [6.45, 7) is 0. The average Bonchev–Trinajstić information content (AvgIpc) is 2.49. The molecule has 0 aliphatic carbocycles. The molecule has 2 nitrogen and oxygen atoms in total. The van der Waals surface area contributed by atoms with Gasteiger partial charge in [0.25, 0.3) is 0 Å². The fourth-order valence-electron chi connectivity index (χ4n) is 2.24. The molecule has 0 fully saturated rings. The predicted octanol–water partition coefficient (Wildman–Crippen LogP) is 3.48. The molecule has 4 heteroatoms. The molecule has 21 heavy (non-hydrogen) atoms. The van der Waals surface area contributed by atoms with E-state index in [2.05, 4.69) is 0 Å². The van der Waals surface area contributed by atoms with E-state index in [0.717, 1.165) is 17.7 Å². The van der Waals surface area contributed by atoms with Crippen LogP contribution in [0.5, 0.6) is 5.75 Å². The van der Waals surface area contributed by atoms with Crippen molar-refractivity contribution >= 4 is 0 Å². The van der Waals surface area contributed by atoms with Gasteiger partial charge in [0.05, 0.1) is 7.11 Å². The molecule has 0 aliphatic heterocycles. The lowest BCUT2D eigenvalue weighted by molar-refractivity contribution is 0.414. The van der Waals surface area contributed by atoms with E-state index in [1.54, 1.807) is 7.11 Å². The smallest absolute Gasteiger partial charge is 0.129 e. The number of rotatable bonds is 6. The highest BCUT2D eigenvalue weighted by molar-refractivity contribution is 5.27. The first kappa shape index (κ1) is 15.4. The first-order valence-corrected chi connectivity index (χ1v) is 6.91. The Morgan fingerprint density at radius 3 is 2.24 bits per heavy atom. The van der Waals surface area contributed by atoms with Crippen molar-refractivity contribution in [2.45, 2.75) is 25.3 Å². The molecule has 1 unspecified atom stereocenters. The summed E-state index contributed by atoms with van der Waals surface area (Å²) >= 11 is 0. The average molecular weight is 291 g/mol. The van der Waals surface area contributed by atoms with Gasteiger partial charge in [-0.15, -0.1) is 0 Å². The lowest BCUT2D eigenvalue weighted by atomic mass is 9.99. The Bertz CT molecular complexity index is 564. The Balaban J connectivity index is 1.91. The summed E-state index contributed by atoms with van der Waals surface area (Å²) in [5.74, 6) is -0.263. The highest BCUT2D eigenvalue weighted by atomic mass is 19.1. The van der Waals surface area contributed by atoms with Gasteiger partial charge in [-0.25, -0.2) is 8.78 Å². The molecular weight excluding hydrogens is 272 g/mol. The van der Waals surface area contributed by atoms with Crippen LogP contribution in [0.25, 0.3) is 0 Å². The Kier molecular flexibility index (Phi) is 5.28. The van der Waals surface area contributed by atoms with Crippen molar-refractivity contribution in [2.75, 3.05) is 7.11 Å². The molecule has 0 amide bonds. The first-order chi connectivity index (χ1) is 10.1. The summed E-state index contributed by atoms with van der Waals surface area (Å²) < 4.78 is 32.2. The fraction of sp³-hybridized carbons (Fsp3) is 0.294. The van der Waals surface area contributed by atoms with Gasteiger partial charge >= 0.3 is 0 Å². The van der Waals surface area contributed by atoms with Crippen LogP contribution in [0, 0.1) is 11.6 Å². The minimum absolute atomic E-state index is 0.0692. The van der Waals surface area contributed by atoms with Crippen molar-refractivity contribution in [1.29, 1.82) is 0 Å². The molecule has 1 atom stereocenters. The third kappa shape index (κ3) is 4.26. The molecule has 0 aromatic heterocycles. The van der Waals surface area contributed by atoms with Crippen LogP contribution in [0.4, 0.5) is 8.78 Å². The van der Waals surface area contributed by atoms with Gasteiger partial charge in [0.2, 0.25) is 0 Å². The largest absolute Gasteiger partial charge is 0.497 e. The van der Waals surface area contributed by atoms with Crippen LogP contribution in [-0.4, -0.2) is 13.2 Å². The Morgan fingerprint density at radius 1 is 1.05 bits per heavy atom. The summed E-state index contributed by atoms with van der Waals surface area (Å²) in [7, 11) is 1.62. The molecule has 2 N–H and O–H groups in total. The van der Waals surface area contributed by atoms with Crippen molar-refractivity contribution in [3.05, 3.63) is 65.2 Å². The monoisotopic (exact) mass is 291 g/mol. The molecular formula is C17H19F2NO. The second-order valence-electron chi connectivity index (χ2n) is 5.05. The molecule has 0 heterocycles. The predicted molar refractivity (Wildman–Crippen MR) is 79.4 cm³/mol. The van der Waals surface area contributed by atoms with E-state index in [0.29, 0.717) is 6.42 Å². The van der Waals surface area contributed by atoms with E-state index in [1.807, 2.05) is 24.3 Å². The third-order valence-electron chi connectivity index (χ3n) is 3.49. The third-order valence-corrected chi connectivity index (χ3v) is 3.49. The molecule has 0 saturated heterocycles. The lowest BCUT2D eigenvalue weighted by Gasteiger charge is -2.13. The van der Waals surface area contributed by atoms with Crippen LogP contribution < -0.4 is 10.5 Å². The topological polar surface area (TPSA) is 35.2 Å². The number of halogens is 2. The van der Waals surface area contributed by atoms with Crippen LogP contribution in [0.3, 0.4) is 0 Å². The Morgan fingerprint density at radius 2 is 1.67 bits per heavy atom. The van der Waals surface area contributed by atoms with Crippen molar-refractivity contribution in [1.82, 2.24) is 0 Å². The summed E-state index contributed by atoms with van der Waals surface area (Å²) in [5.41, 5.74) is 7.18.